The van der Waals surface area contributed by atoms with Crippen LogP contribution in [0.4, 0.5) is 0 Å². The predicted octanol–water partition coefficient (Wildman–Crippen LogP) is 1.79. The van der Waals surface area contributed by atoms with Gasteiger partial charge in [-0.3, -0.25) is 0 Å². The third-order valence-electron chi connectivity index (χ3n) is 4.25. The standard InChI is InChI=1S/C18H29NO2/c1-18(2,3)15-7-9-17(10-8-15)21-14-16(20)13-19-11-5-4-6-12-19/h7-10,16,20H,4-6,11-14H2,1-3H3/p+1. The van der Waals surface area contributed by atoms with Crippen LogP contribution in [0.15, 0.2) is 24.3 Å². The fourth-order valence-electron chi connectivity index (χ4n) is 2.89. The Hall–Kier alpha value is -1.06. The first-order valence-corrected chi connectivity index (χ1v) is 8.20. The predicted molar refractivity (Wildman–Crippen MR) is 86.1 cm³/mol. The van der Waals surface area contributed by atoms with Crippen LogP contribution in [0.2, 0.25) is 0 Å². The second kappa shape index (κ2) is 7.28. The molecule has 21 heavy (non-hydrogen) atoms. The molecule has 1 aromatic rings. The highest BCUT2D eigenvalue weighted by Crippen LogP contribution is 2.24. The second-order valence-electron chi connectivity index (χ2n) is 7.25. The van der Waals surface area contributed by atoms with Gasteiger partial charge in [-0.2, -0.15) is 0 Å². The molecule has 3 nitrogen and oxygen atoms in total. The van der Waals surface area contributed by atoms with E-state index in [1.54, 1.807) is 0 Å². The van der Waals surface area contributed by atoms with E-state index >= 15 is 0 Å². The van der Waals surface area contributed by atoms with Crippen LogP contribution >= 0.6 is 0 Å². The van der Waals surface area contributed by atoms with E-state index in [2.05, 4.69) is 32.9 Å². The van der Waals surface area contributed by atoms with Gasteiger partial charge in [-0.05, 0) is 42.4 Å². The average molecular weight is 292 g/mol. The molecule has 2 rings (SSSR count). The summed E-state index contributed by atoms with van der Waals surface area (Å²) >= 11 is 0. The Labute approximate surface area is 128 Å². The molecule has 0 radical (unpaired) electrons. The van der Waals surface area contributed by atoms with Gasteiger partial charge in [0, 0.05) is 0 Å². The highest BCUT2D eigenvalue weighted by Gasteiger charge is 2.18. The van der Waals surface area contributed by atoms with Gasteiger partial charge in [-0.1, -0.05) is 32.9 Å². The molecule has 1 aliphatic rings. The van der Waals surface area contributed by atoms with Crippen molar-refractivity contribution in [2.24, 2.45) is 0 Å². The van der Waals surface area contributed by atoms with Gasteiger partial charge in [0.25, 0.3) is 0 Å². The van der Waals surface area contributed by atoms with E-state index in [1.807, 2.05) is 12.1 Å². The second-order valence-corrected chi connectivity index (χ2v) is 7.25. The molecule has 1 saturated heterocycles. The third kappa shape index (κ3) is 5.33. The number of ether oxygens (including phenoxy) is 1. The molecular weight excluding hydrogens is 262 g/mol. The minimum absolute atomic E-state index is 0.162. The number of hydrogen-bond acceptors (Lipinski definition) is 2. The Bertz CT molecular complexity index is 416. The zero-order chi connectivity index (χ0) is 15.3. The molecule has 3 heteroatoms. The first-order valence-electron chi connectivity index (χ1n) is 8.20. The summed E-state index contributed by atoms with van der Waals surface area (Å²) in [6.07, 6.45) is 3.55. The lowest BCUT2D eigenvalue weighted by Crippen LogP contribution is -3.14. The Morgan fingerprint density at radius 1 is 1.10 bits per heavy atom. The van der Waals surface area contributed by atoms with E-state index in [-0.39, 0.29) is 11.5 Å². The summed E-state index contributed by atoms with van der Waals surface area (Å²) in [5, 5.41) is 10.1. The van der Waals surface area contributed by atoms with Crippen molar-refractivity contribution < 1.29 is 14.7 Å². The van der Waals surface area contributed by atoms with E-state index < -0.39 is 0 Å². The summed E-state index contributed by atoms with van der Waals surface area (Å²) in [4.78, 5) is 1.51. The van der Waals surface area contributed by atoms with Crippen LogP contribution in [0.3, 0.4) is 0 Å². The van der Waals surface area contributed by atoms with Crippen LogP contribution in [-0.2, 0) is 5.41 Å². The highest BCUT2D eigenvalue weighted by atomic mass is 16.5. The zero-order valence-electron chi connectivity index (χ0n) is 13.7. The normalized spacial score (nSPS) is 18.5. The van der Waals surface area contributed by atoms with Crippen LogP contribution in [0.1, 0.15) is 45.6 Å². The van der Waals surface area contributed by atoms with Crippen LogP contribution in [0.25, 0.3) is 0 Å². The summed E-state index contributed by atoms with van der Waals surface area (Å²) in [5.74, 6) is 0.843. The Morgan fingerprint density at radius 2 is 1.71 bits per heavy atom. The van der Waals surface area contributed by atoms with E-state index in [4.69, 9.17) is 4.74 Å². The van der Waals surface area contributed by atoms with Crippen molar-refractivity contribution >= 4 is 0 Å². The maximum absolute atomic E-state index is 10.1. The van der Waals surface area contributed by atoms with Crippen molar-refractivity contribution in [2.75, 3.05) is 26.2 Å². The lowest BCUT2D eigenvalue weighted by molar-refractivity contribution is -0.908. The monoisotopic (exact) mass is 292 g/mol. The Morgan fingerprint density at radius 3 is 2.29 bits per heavy atom. The van der Waals surface area contributed by atoms with E-state index in [0.717, 1.165) is 12.3 Å². The van der Waals surface area contributed by atoms with Crippen LogP contribution in [-0.4, -0.2) is 37.5 Å². The fraction of sp³-hybridized carbons (Fsp3) is 0.667. The molecular formula is C18H30NO2+. The van der Waals surface area contributed by atoms with Crippen molar-refractivity contribution in [1.29, 1.82) is 0 Å². The van der Waals surface area contributed by atoms with Crippen molar-refractivity contribution in [3.8, 4) is 5.75 Å². The smallest absolute Gasteiger partial charge is 0.137 e. The quantitative estimate of drug-likeness (QED) is 0.867. The van der Waals surface area contributed by atoms with Gasteiger partial charge in [0.1, 0.15) is 25.0 Å². The molecule has 1 fully saturated rings. The Kier molecular flexibility index (Phi) is 5.65. The molecule has 1 aromatic carbocycles. The molecule has 1 unspecified atom stereocenters. The van der Waals surface area contributed by atoms with Crippen LogP contribution < -0.4 is 9.64 Å². The highest BCUT2D eigenvalue weighted by molar-refractivity contribution is 5.31. The lowest BCUT2D eigenvalue weighted by atomic mass is 9.87. The van der Waals surface area contributed by atoms with Crippen LogP contribution in [0.5, 0.6) is 5.75 Å². The minimum atomic E-state index is -0.375. The van der Waals surface area contributed by atoms with Crippen molar-refractivity contribution in [3.63, 3.8) is 0 Å². The summed E-state index contributed by atoms with van der Waals surface area (Å²) < 4.78 is 5.71. The molecule has 0 amide bonds. The van der Waals surface area contributed by atoms with E-state index in [9.17, 15) is 5.11 Å². The number of aliphatic hydroxyl groups excluding tert-OH is 1. The molecule has 1 atom stereocenters. The number of rotatable bonds is 5. The van der Waals surface area contributed by atoms with E-state index in [1.165, 1.54) is 42.8 Å². The number of piperidine rings is 1. The third-order valence-corrected chi connectivity index (χ3v) is 4.25. The van der Waals surface area contributed by atoms with Gasteiger partial charge in [0.05, 0.1) is 13.1 Å². The molecule has 0 saturated carbocycles. The van der Waals surface area contributed by atoms with Crippen molar-refractivity contribution in [1.82, 2.24) is 0 Å². The molecule has 0 aromatic heterocycles. The number of likely N-dealkylation sites (tertiary alicyclic amines) is 1. The number of hydrogen-bond donors (Lipinski definition) is 2. The van der Waals surface area contributed by atoms with Gasteiger partial charge in [-0.25, -0.2) is 0 Å². The number of benzene rings is 1. The average Bonchev–Trinajstić information content (AvgIpc) is 2.46. The molecule has 1 heterocycles. The molecule has 0 aliphatic carbocycles. The summed E-state index contributed by atoms with van der Waals surface area (Å²) in [6.45, 7) is 10.2. The first kappa shape index (κ1) is 16.3. The maximum atomic E-state index is 10.1. The topological polar surface area (TPSA) is 33.9 Å². The van der Waals surface area contributed by atoms with Crippen molar-refractivity contribution in [2.45, 2.75) is 51.6 Å². The molecule has 0 spiro atoms. The summed E-state index contributed by atoms with van der Waals surface area (Å²) in [6, 6.07) is 8.22. The maximum Gasteiger partial charge on any atom is 0.137 e. The van der Waals surface area contributed by atoms with Gasteiger partial charge < -0.3 is 14.7 Å². The fourth-order valence-corrected chi connectivity index (χ4v) is 2.89. The summed E-state index contributed by atoms with van der Waals surface area (Å²) in [7, 11) is 0. The number of nitrogens with one attached hydrogen (secondary N) is 1. The number of aliphatic hydroxyl groups is 1. The molecule has 2 N–H and O–H groups in total. The summed E-state index contributed by atoms with van der Waals surface area (Å²) in [5.41, 5.74) is 1.46. The van der Waals surface area contributed by atoms with Gasteiger partial charge in [0.2, 0.25) is 0 Å². The van der Waals surface area contributed by atoms with Gasteiger partial charge >= 0.3 is 0 Å². The first-order chi connectivity index (χ1) is 9.95. The molecule has 1 aliphatic heterocycles. The van der Waals surface area contributed by atoms with Crippen LogP contribution in [0, 0.1) is 0 Å². The number of quaternary nitrogens is 1. The largest absolute Gasteiger partial charge is 0.491 e. The zero-order valence-corrected chi connectivity index (χ0v) is 13.7. The van der Waals surface area contributed by atoms with Gasteiger partial charge in [0.15, 0.2) is 0 Å². The van der Waals surface area contributed by atoms with E-state index in [0.29, 0.717) is 6.61 Å². The minimum Gasteiger partial charge on any atom is -0.491 e. The Balaban J connectivity index is 1.76. The SMILES string of the molecule is CC(C)(C)c1ccc(OCC(O)C[NH+]2CCCCC2)cc1. The molecule has 118 valence electrons. The lowest BCUT2D eigenvalue weighted by Gasteiger charge is -2.25. The molecule has 0 bridgehead atoms. The van der Waals surface area contributed by atoms with Crippen molar-refractivity contribution in [3.05, 3.63) is 29.8 Å². The van der Waals surface area contributed by atoms with Gasteiger partial charge in [-0.15, -0.1) is 0 Å².